The normalized spacial score (nSPS) is 10.2. The molecular formula is C15H12N4O. The van der Waals surface area contributed by atoms with Crippen molar-refractivity contribution in [2.24, 2.45) is 0 Å². The largest absolute Gasteiger partial charge is 0.354 e. The van der Waals surface area contributed by atoms with Crippen LogP contribution < -0.4 is 5.32 Å². The number of pyridine rings is 1. The molecule has 0 atom stereocenters. The third-order valence-corrected chi connectivity index (χ3v) is 2.88. The zero-order chi connectivity index (χ0) is 13.8. The zero-order valence-electron chi connectivity index (χ0n) is 10.6. The molecule has 3 rings (SSSR count). The minimum atomic E-state index is 0.377. The summed E-state index contributed by atoms with van der Waals surface area (Å²) in [7, 11) is 0. The molecule has 0 bridgehead atoms. The van der Waals surface area contributed by atoms with Gasteiger partial charge in [-0.25, -0.2) is 0 Å². The summed E-state index contributed by atoms with van der Waals surface area (Å²) in [5.41, 5.74) is 3.87. The number of benzene rings is 1. The van der Waals surface area contributed by atoms with Crippen LogP contribution in [0.25, 0.3) is 11.3 Å². The highest BCUT2D eigenvalue weighted by atomic mass is 16.1. The second-order valence-corrected chi connectivity index (χ2v) is 4.24. The van der Waals surface area contributed by atoms with E-state index in [0.29, 0.717) is 12.0 Å². The molecule has 5 nitrogen and oxygen atoms in total. The highest BCUT2D eigenvalue weighted by molar-refractivity contribution is 5.81. The Labute approximate surface area is 115 Å². The van der Waals surface area contributed by atoms with Crippen LogP contribution in [-0.4, -0.2) is 21.5 Å². The molecule has 0 amide bonds. The van der Waals surface area contributed by atoms with E-state index in [1.165, 1.54) is 0 Å². The van der Waals surface area contributed by atoms with Crippen molar-refractivity contribution in [3.05, 3.63) is 60.6 Å². The Hall–Kier alpha value is -2.95. The maximum atomic E-state index is 10.7. The first-order chi connectivity index (χ1) is 9.86. The van der Waals surface area contributed by atoms with Crippen molar-refractivity contribution in [3.8, 4) is 11.3 Å². The first-order valence-electron chi connectivity index (χ1n) is 6.14. The van der Waals surface area contributed by atoms with E-state index >= 15 is 0 Å². The first-order valence-corrected chi connectivity index (χ1v) is 6.14. The average Bonchev–Trinajstić information content (AvgIpc) is 2.98. The summed E-state index contributed by atoms with van der Waals surface area (Å²) in [6.07, 6.45) is 4.15. The van der Waals surface area contributed by atoms with Crippen LogP contribution in [0.3, 0.4) is 0 Å². The molecule has 0 aliphatic carbocycles. The summed E-state index contributed by atoms with van der Waals surface area (Å²) in [4.78, 5) is 14.8. The van der Waals surface area contributed by atoms with Crippen LogP contribution in [0.2, 0.25) is 0 Å². The number of carbonyl (C=O) groups is 1. The van der Waals surface area contributed by atoms with Gasteiger partial charge in [0.2, 0.25) is 0 Å². The third-order valence-electron chi connectivity index (χ3n) is 2.88. The van der Waals surface area contributed by atoms with Crippen LogP contribution in [0.15, 0.2) is 54.9 Å². The summed E-state index contributed by atoms with van der Waals surface area (Å²) in [5.74, 6) is 0. The fraction of sp³-hybridized carbons (Fsp3) is 0. The van der Waals surface area contributed by atoms with E-state index < -0.39 is 0 Å². The molecule has 3 aromatic rings. The molecule has 0 unspecified atom stereocenters. The maximum absolute atomic E-state index is 10.7. The number of anilines is 2. The fourth-order valence-corrected chi connectivity index (χ4v) is 1.94. The van der Waals surface area contributed by atoms with Crippen molar-refractivity contribution in [2.75, 3.05) is 5.32 Å². The monoisotopic (exact) mass is 264 g/mol. The van der Waals surface area contributed by atoms with Gasteiger partial charge < -0.3 is 5.32 Å². The molecule has 2 heterocycles. The van der Waals surface area contributed by atoms with Gasteiger partial charge in [0.05, 0.1) is 17.6 Å². The highest BCUT2D eigenvalue weighted by Gasteiger charge is 2.08. The van der Waals surface area contributed by atoms with E-state index in [1.54, 1.807) is 18.5 Å². The molecule has 0 saturated heterocycles. The lowest BCUT2D eigenvalue weighted by Crippen LogP contribution is -1.94. The Morgan fingerprint density at radius 1 is 1.15 bits per heavy atom. The van der Waals surface area contributed by atoms with Gasteiger partial charge in [-0.05, 0) is 24.3 Å². The molecule has 0 fully saturated rings. The van der Waals surface area contributed by atoms with Crippen LogP contribution in [0.5, 0.6) is 0 Å². The third kappa shape index (κ3) is 2.42. The SMILES string of the molecule is O=Cc1cc(-c2ccncc2Nc2ccccc2)[nH]n1. The van der Waals surface area contributed by atoms with Crippen molar-refractivity contribution < 1.29 is 4.79 Å². The summed E-state index contributed by atoms with van der Waals surface area (Å²) in [6, 6.07) is 13.4. The molecule has 20 heavy (non-hydrogen) atoms. The molecule has 0 spiro atoms. The summed E-state index contributed by atoms with van der Waals surface area (Å²) < 4.78 is 0. The van der Waals surface area contributed by atoms with Crippen LogP contribution in [0.1, 0.15) is 10.5 Å². The second kappa shape index (κ2) is 5.36. The summed E-state index contributed by atoms with van der Waals surface area (Å²) >= 11 is 0. The van der Waals surface area contributed by atoms with Gasteiger partial charge in [-0.3, -0.25) is 14.9 Å². The minimum absolute atomic E-state index is 0.377. The van der Waals surface area contributed by atoms with E-state index in [2.05, 4.69) is 20.5 Å². The molecular weight excluding hydrogens is 252 g/mol. The Bertz CT molecular complexity index is 722. The predicted octanol–water partition coefficient (Wildman–Crippen LogP) is 3.03. The van der Waals surface area contributed by atoms with Gasteiger partial charge in [0.1, 0.15) is 5.69 Å². The van der Waals surface area contributed by atoms with Crippen LogP contribution in [0, 0.1) is 0 Å². The van der Waals surface area contributed by atoms with Crippen molar-refractivity contribution in [3.63, 3.8) is 0 Å². The average molecular weight is 264 g/mol. The van der Waals surface area contributed by atoms with Crippen molar-refractivity contribution in [1.29, 1.82) is 0 Å². The van der Waals surface area contributed by atoms with Crippen LogP contribution >= 0.6 is 0 Å². The molecule has 0 aliphatic heterocycles. The molecule has 5 heteroatoms. The van der Waals surface area contributed by atoms with Crippen molar-refractivity contribution in [2.45, 2.75) is 0 Å². The topological polar surface area (TPSA) is 70.7 Å². The Morgan fingerprint density at radius 2 is 2.00 bits per heavy atom. The number of aromatic amines is 1. The lowest BCUT2D eigenvalue weighted by Gasteiger charge is -2.10. The number of hydrogen-bond acceptors (Lipinski definition) is 4. The maximum Gasteiger partial charge on any atom is 0.170 e. The van der Waals surface area contributed by atoms with Crippen LogP contribution in [-0.2, 0) is 0 Å². The van der Waals surface area contributed by atoms with Gasteiger partial charge in [0, 0.05) is 17.4 Å². The number of nitrogens with one attached hydrogen (secondary N) is 2. The van der Waals surface area contributed by atoms with Crippen molar-refractivity contribution >= 4 is 17.7 Å². The molecule has 1 aromatic carbocycles. The quantitative estimate of drug-likeness (QED) is 0.710. The van der Waals surface area contributed by atoms with Gasteiger partial charge >= 0.3 is 0 Å². The van der Waals surface area contributed by atoms with E-state index in [4.69, 9.17) is 0 Å². The second-order valence-electron chi connectivity index (χ2n) is 4.24. The van der Waals surface area contributed by atoms with E-state index in [9.17, 15) is 4.79 Å². The molecule has 0 aliphatic rings. The standard InChI is InChI=1S/C15H12N4O/c20-10-12-8-14(19-18-12)13-6-7-16-9-15(13)17-11-4-2-1-3-5-11/h1-10,17H,(H,18,19). The lowest BCUT2D eigenvalue weighted by atomic mass is 10.1. The molecule has 0 radical (unpaired) electrons. The lowest BCUT2D eigenvalue weighted by molar-refractivity contribution is 0.111. The molecule has 2 aromatic heterocycles. The van der Waals surface area contributed by atoms with Crippen LogP contribution in [0.4, 0.5) is 11.4 Å². The molecule has 98 valence electrons. The van der Waals surface area contributed by atoms with E-state index in [1.807, 2.05) is 36.4 Å². The molecule has 0 saturated carbocycles. The minimum Gasteiger partial charge on any atom is -0.354 e. The van der Waals surface area contributed by atoms with Gasteiger partial charge in [-0.1, -0.05) is 18.2 Å². The van der Waals surface area contributed by atoms with Crippen molar-refractivity contribution in [1.82, 2.24) is 15.2 Å². The molecule has 2 N–H and O–H groups in total. The number of H-pyrrole nitrogens is 1. The van der Waals surface area contributed by atoms with Gasteiger partial charge in [0.15, 0.2) is 6.29 Å². The Kier molecular flexibility index (Phi) is 3.24. The predicted molar refractivity (Wildman–Crippen MR) is 76.9 cm³/mol. The van der Waals surface area contributed by atoms with E-state index in [0.717, 1.165) is 22.6 Å². The fourth-order valence-electron chi connectivity index (χ4n) is 1.94. The number of rotatable bonds is 4. The smallest absolute Gasteiger partial charge is 0.170 e. The Morgan fingerprint density at radius 3 is 2.75 bits per heavy atom. The summed E-state index contributed by atoms with van der Waals surface area (Å²) in [5, 5.41) is 10.1. The van der Waals surface area contributed by atoms with Gasteiger partial charge in [-0.15, -0.1) is 0 Å². The highest BCUT2D eigenvalue weighted by Crippen LogP contribution is 2.28. The number of para-hydroxylation sites is 1. The van der Waals surface area contributed by atoms with Gasteiger partial charge in [-0.2, -0.15) is 5.10 Å². The zero-order valence-corrected chi connectivity index (χ0v) is 10.6. The number of hydrogen-bond donors (Lipinski definition) is 2. The Balaban J connectivity index is 1.98. The van der Waals surface area contributed by atoms with Gasteiger partial charge in [0.25, 0.3) is 0 Å². The number of aromatic nitrogens is 3. The number of aldehydes is 1. The summed E-state index contributed by atoms with van der Waals surface area (Å²) in [6.45, 7) is 0. The first kappa shape index (κ1) is 12.1. The number of nitrogens with zero attached hydrogens (tertiary/aromatic N) is 2. The number of carbonyl (C=O) groups excluding carboxylic acids is 1. The van der Waals surface area contributed by atoms with E-state index in [-0.39, 0.29) is 0 Å².